The molecule has 3 aliphatic rings. The third-order valence-corrected chi connectivity index (χ3v) is 7.82. The fourth-order valence-corrected chi connectivity index (χ4v) is 5.51. The number of hydrogen-bond acceptors (Lipinski definition) is 6. The van der Waals surface area contributed by atoms with E-state index in [9.17, 15) is 14.4 Å². The Hall–Kier alpha value is -2.45. The lowest BCUT2D eigenvalue weighted by molar-refractivity contribution is -0.133. The van der Waals surface area contributed by atoms with Gasteiger partial charge in [0.1, 0.15) is 17.6 Å². The Bertz CT molecular complexity index is 895. The lowest BCUT2D eigenvalue weighted by Crippen LogP contribution is -2.51. The molecule has 2 N–H and O–H groups in total. The van der Waals surface area contributed by atoms with E-state index in [1.807, 2.05) is 24.3 Å². The summed E-state index contributed by atoms with van der Waals surface area (Å²) in [5, 5.41) is 6.21. The molecular formula is C29H43N3O5. The number of fused-ring (bicyclic) bond motifs is 2. The molecule has 0 unspecified atom stereocenters. The molecule has 37 heavy (non-hydrogen) atoms. The van der Waals surface area contributed by atoms with Gasteiger partial charge in [0.25, 0.3) is 0 Å². The van der Waals surface area contributed by atoms with Crippen LogP contribution in [0.4, 0.5) is 0 Å². The van der Waals surface area contributed by atoms with Gasteiger partial charge in [0.2, 0.25) is 11.8 Å². The smallest absolute Gasteiger partial charge is 0.242 e. The quantitative estimate of drug-likeness (QED) is 0.628. The van der Waals surface area contributed by atoms with Crippen LogP contribution in [0, 0.1) is 5.92 Å². The minimum atomic E-state index is -0.592. The zero-order valence-electron chi connectivity index (χ0n) is 22.1. The molecule has 2 heterocycles. The first-order valence-corrected chi connectivity index (χ1v) is 14.2. The molecule has 1 aromatic carbocycles. The van der Waals surface area contributed by atoms with Crippen molar-refractivity contribution in [3.8, 4) is 5.75 Å². The van der Waals surface area contributed by atoms with Crippen molar-refractivity contribution in [2.45, 2.75) is 82.7 Å². The number of nitrogens with one attached hydrogen (secondary N) is 2. The molecular weight excluding hydrogens is 470 g/mol. The monoisotopic (exact) mass is 513 g/mol. The van der Waals surface area contributed by atoms with Crippen molar-refractivity contribution in [3.05, 3.63) is 29.8 Å². The highest BCUT2D eigenvalue weighted by molar-refractivity contribution is 5.91. The summed E-state index contributed by atoms with van der Waals surface area (Å²) >= 11 is 0. The Kier molecular flexibility index (Phi) is 10.8. The van der Waals surface area contributed by atoms with E-state index >= 15 is 0 Å². The number of morpholine rings is 1. The number of amides is 2. The highest BCUT2D eigenvalue weighted by Gasteiger charge is 2.29. The van der Waals surface area contributed by atoms with Gasteiger partial charge in [-0.15, -0.1) is 0 Å². The number of Topliss-reactive ketones (excluding diaryl/α,β-unsaturated/α-hetero) is 1. The predicted octanol–water partition coefficient (Wildman–Crippen LogP) is 3.02. The topological polar surface area (TPSA) is 97.0 Å². The number of benzene rings is 1. The number of hydrogen-bond donors (Lipinski definition) is 2. The summed E-state index contributed by atoms with van der Waals surface area (Å²) in [5.74, 6) is 0.156. The summed E-state index contributed by atoms with van der Waals surface area (Å²) in [6, 6.07) is 7.51. The largest absolute Gasteiger partial charge is 0.494 e. The molecule has 4 rings (SSSR count). The van der Waals surface area contributed by atoms with Gasteiger partial charge in [-0.05, 0) is 69.2 Å². The molecule has 0 aromatic heterocycles. The first-order chi connectivity index (χ1) is 18.1. The molecule has 2 atom stereocenters. The standard InChI is InChI=1S/C29H43N3O5/c33-25-12-11-22-6-5-9-26(20-22)37-17-4-3-10-27(29(35)30-24-7-1-2-8-24)31-28(34)23(21-25)13-14-32-15-18-36-19-16-32/h5-6,9,20,23-24,27H,1-4,7-8,10-19,21H2,(H,30,35)(H,31,34)/t23-,27+/m1/s1. The Morgan fingerprint density at radius 1 is 1.00 bits per heavy atom. The molecule has 1 aromatic rings. The molecule has 2 aliphatic heterocycles. The van der Waals surface area contributed by atoms with Crippen LogP contribution in [0.3, 0.4) is 0 Å². The summed E-state index contributed by atoms with van der Waals surface area (Å²) in [4.78, 5) is 42.0. The van der Waals surface area contributed by atoms with Gasteiger partial charge in [0.05, 0.1) is 19.8 Å². The highest BCUT2D eigenvalue weighted by Crippen LogP contribution is 2.20. The average molecular weight is 514 g/mol. The molecule has 2 bridgehead atoms. The average Bonchev–Trinajstić information content (AvgIpc) is 3.42. The van der Waals surface area contributed by atoms with Crippen molar-refractivity contribution in [3.63, 3.8) is 0 Å². The second-order valence-corrected chi connectivity index (χ2v) is 10.7. The van der Waals surface area contributed by atoms with E-state index in [-0.39, 0.29) is 30.1 Å². The molecule has 1 saturated carbocycles. The molecule has 2 fully saturated rings. The maximum atomic E-state index is 13.5. The lowest BCUT2D eigenvalue weighted by Gasteiger charge is -2.29. The second-order valence-electron chi connectivity index (χ2n) is 10.7. The van der Waals surface area contributed by atoms with Gasteiger partial charge in [0, 0.05) is 37.9 Å². The van der Waals surface area contributed by atoms with Crippen LogP contribution in [0.1, 0.15) is 69.8 Å². The number of carbonyl (C=O) groups is 3. The summed E-state index contributed by atoms with van der Waals surface area (Å²) in [6.45, 7) is 4.37. The molecule has 1 saturated heterocycles. The SMILES string of the molecule is O=C1CCc2cccc(c2)OCCCC[C@@H](C(=O)NC2CCCC2)NC(=O)[C@H](CCN2CCOCC2)C1. The molecule has 2 amide bonds. The van der Waals surface area contributed by atoms with Crippen molar-refractivity contribution in [1.29, 1.82) is 0 Å². The maximum Gasteiger partial charge on any atom is 0.242 e. The number of nitrogens with zero attached hydrogens (tertiary/aromatic N) is 1. The van der Waals surface area contributed by atoms with Gasteiger partial charge in [-0.3, -0.25) is 19.3 Å². The van der Waals surface area contributed by atoms with Crippen LogP contribution < -0.4 is 15.4 Å². The zero-order chi connectivity index (χ0) is 25.9. The second kappa shape index (κ2) is 14.5. The summed E-state index contributed by atoms with van der Waals surface area (Å²) in [5.41, 5.74) is 1.07. The molecule has 8 heteroatoms. The van der Waals surface area contributed by atoms with Crippen LogP contribution in [0.15, 0.2) is 24.3 Å². The number of ether oxygens (including phenoxy) is 2. The Labute approximate surface area is 220 Å². The van der Waals surface area contributed by atoms with Gasteiger partial charge < -0.3 is 20.1 Å². The number of carbonyl (C=O) groups excluding carboxylic acids is 3. The third-order valence-electron chi connectivity index (χ3n) is 7.82. The van der Waals surface area contributed by atoms with Gasteiger partial charge in [-0.1, -0.05) is 25.0 Å². The van der Waals surface area contributed by atoms with Crippen LogP contribution in [-0.4, -0.2) is 74.0 Å². The molecule has 8 nitrogen and oxygen atoms in total. The first kappa shape index (κ1) is 27.6. The fraction of sp³-hybridized carbons (Fsp3) is 0.690. The summed E-state index contributed by atoms with van der Waals surface area (Å²) < 4.78 is 11.4. The van der Waals surface area contributed by atoms with Gasteiger partial charge in [-0.25, -0.2) is 0 Å². The van der Waals surface area contributed by atoms with Crippen molar-refractivity contribution in [1.82, 2.24) is 15.5 Å². The van der Waals surface area contributed by atoms with Crippen LogP contribution in [0.25, 0.3) is 0 Å². The van der Waals surface area contributed by atoms with E-state index in [0.717, 1.165) is 69.5 Å². The Balaban J connectivity index is 1.46. The van der Waals surface area contributed by atoms with E-state index in [4.69, 9.17) is 9.47 Å². The first-order valence-electron chi connectivity index (χ1n) is 14.2. The Morgan fingerprint density at radius 2 is 1.78 bits per heavy atom. The lowest BCUT2D eigenvalue weighted by atomic mass is 9.93. The molecule has 0 spiro atoms. The van der Waals surface area contributed by atoms with Gasteiger partial charge in [0.15, 0.2) is 0 Å². The van der Waals surface area contributed by atoms with Crippen LogP contribution in [0.2, 0.25) is 0 Å². The number of aryl methyl sites for hydroxylation is 1. The van der Waals surface area contributed by atoms with Gasteiger partial charge >= 0.3 is 0 Å². The predicted molar refractivity (Wildman–Crippen MR) is 141 cm³/mol. The zero-order valence-corrected chi connectivity index (χ0v) is 22.1. The van der Waals surface area contributed by atoms with Crippen LogP contribution in [0.5, 0.6) is 5.75 Å². The fourth-order valence-electron chi connectivity index (χ4n) is 5.51. The number of ketones is 1. The van der Waals surface area contributed by atoms with Crippen molar-refractivity contribution >= 4 is 17.6 Å². The molecule has 1 aliphatic carbocycles. The van der Waals surface area contributed by atoms with E-state index in [0.29, 0.717) is 45.5 Å². The Morgan fingerprint density at radius 3 is 2.59 bits per heavy atom. The van der Waals surface area contributed by atoms with E-state index in [2.05, 4.69) is 15.5 Å². The summed E-state index contributed by atoms with van der Waals surface area (Å²) in [6.07, 6.45) is 8.17. The normalized spacial score (nSPS) is 25.3. The number of rotatable bonds is 5. The minimum Gasteiger partial charge on any atom is -0.494 e. The minimum absolute atomic E-state index is 0.0764. The van der Waals surface area contributed by atoms with E-state index in [1.165, 1.54) is 0 Å². The highest BCUT2D eigenvalue weighted by atomic mass is 16.5. The van der Waals surface area contributed by atoms with Crippen LogP contribution >= 0.6 is 0 Å². The maximum absolute atomic E-state index is 13.5. The third kappa shape index (κ3) is 9.11. The van der Waals surface area contributed by atoms with E-state index in [1.54, 1.807) is 0 Å². The molecule has 0 radical (unpaired) electrons. The van der Waals surface area contributed by atoms with Crippen molar-refractivity contribution < 1.29 is 23.9 Å². The summed E-state index contributed by atoms with van der Waals surface area (Å²) in [7, 11) is 0. The van der Waals surface area contributed by atoms with Crippen molar-refractivity contribution in [2.75, 3.05) is 39.5 Å². The van der Waals surface area contributed by atoms with Crippen LogP contribution in [-0.2, 0) is 25.5 Å². The van der Waals surface area contributed by atoms with E-state index < -0.39 is 12.0 Å². The van der Waals surface area contributed by atoms with Gasteiger partial charge in [-0.2, -0.15) is 0 Å². The van der Waals surface area contributed by atoms with Crippen molar-refractivity contribution in [2.24, 2.45) is 5.92 Å². The molecule has 204 valence electrons.